The van der Waals surface area contributed by atoms with Gasteiger partial charge in [0.05, 0.1) is 11.0 Å². The Labute approximate surface area is 125 Å². The molecule has 110 valence electrons. The predicted octanol–water partition coefficient (Wildman–Crippen LogP) is 3.46. The van der Waals surface area contributed by atoms with Crippen LogP contribution in [0.5, 0.6) is 0 Å². The molecular weight excluding hydrogens is 266 g/mol. The third-order valence-electron chi connectivity index (χ3n) is 3.27. The van der Waals surface area contributed by atoms with E-state index < -0.39 is 0 Å². The van der Waals surface area contributed by atoms with Gasteiger partial charge in [-0.2, -0.15) is 11.8 Å². The molecule has 3 nitrogen and oxygen atoms in total. The molecule has 0 radical (unpaired) electrons. The van der Waals surface area contributed by atoms with Gasteiger partial charge in [-0.1, -0.05) is 32.9 Å². The highest BCUT2D eigenvalue weighted by Crippen LogP contribution is 2.19. The van der Waals surface area contributed by atoms with Crippen molar-refractivity contribution in [2.45, 2.75) is 51.4 Å². The summed E-state index contributed by atoms with van der Waals surface area (Å²) in [6.07, 6.45) is 1.97. The Kier molecular flexibility index (Phi) is 5.49. The number of aromatic nitrogens is 2. The van der Waals surface area contributed by atoms with Crippen LogP contribution >= 0.6 is 11.8 Å². The summed E-state index contributed by atoms with van der Waals surface area (Å²) in [6.45, 7) is 7.64. The van der Waals surface area contributed by atoms with E-state index in [9.17, 15) is 0 Å². The molecule has 0 aliphatic heterocycles. The summed E-state index contributed by atoms with van der Waals surface area (Å²) in [6, 6.07) is 8.53. The van der Waals surface area contributed by atoms with Crippen LogP contribution in [-0.4, -0.2) is 26.6 Å². The monoisotopic (exact) mass is 291 g/mol. The van der Waals surface area contributed by atoms with E-state index in [-0.39, 0.29) is 6.04 Å². The summed E-state index contributed by atoms with van der Waals surface area (Å²) in [4.78, 5) is 4.77. The maximum Gasteiger partial charge on any atom is 0.111 e. The first-order valence-corrected chi connectivity index (χ1v) is 8.48. The average molecular weight is 291 g/mol. The van der Waals surface area contributed by atoms with Crippen molar-refractivity contribution in [2.24, 2.45) is 5.73 Å². The molecule has 0 aliphatic rings. The lowest BCUT2D eigenvalue weighted by molar-refractivity contribution is 0.619. The van der Waals surface area contributed by atoms with Crippen LogP contribution in [0.15, 0.2) is 24.3 Å². The standard InChI is InChI=1S/C16H25N3S/c1-4-9-19-15-8-6-5-7-14(15)18-16(19)10-13(17)11-20-12(2)3/h5-8,12-13H,4,9-11,17H2,1-3H3. The SMILES string of the molecule is CCCn1c(CC(N)CSC(C)C)nc2ccccc21. The number of hydrogen-bond donors (Lipinski definition) is 1. The van der Waals surface area contributed by atoms with E-state index in [0.29, 0.717) is 5.25 Å². The van der Waals surface area contributed by atoms with Crippen LogP contribution in [0, 0.1) is 0 Å². The van der Waals surface area contributed by atoms with Crippen LogP contribution in [0.2, 0.25) is 0 Å². The first kappa shape index (κ1) is 15.4. The molecule has 1 aromatic heterocycles. The summed E-state index contributed by atoms with van der Waals surface area (Å²) < 4.78 is 2.33. The first-order valence-electron chi connectivity index (χ1n) is 7.43. The van der Waals surface area contributed by atoms with Crippen LogP contribution in [0.1, 0.15) is 33.0 Å². The molecule has 0 saturated heterocycles. The number of benzene rings is 1. The Morgan fingerprint density at radius 1 is 1.30 bits per heavy atom. The van der Waals surface area contributed by atoms with E-state index in [1.807, 2.05) is 17.8 Å². The predicted molar refractivity (Wildman–Crippen MR) is 89.3 cm³/mol. The summed E-state index contributed by atoms with van der Waals surface area (Å²) in [5.41, 5.74) is 8.58. The van der Waals surface area contributed by atoms with E-state index in [1.165, 1.54) is 5.52 Å². The number of aryl methyl sites for hydroxylation is 1. The van der Waals surface area contributed by atoms with E-state index in [2.05, 4.69) is 43.5 Å². The van der Waals surface area contributed by atoms with Crippen molar-refractivity contribution in [3.63, 3.8) is 0 Å². The third-order valence-corrected chi connectivity index (χ3v) is 4.56. The fourth-order valence-electron chi connectivity index (χ4n) is 2.36. The Morgan fingerprint density at radius 2 is 2.05 bits per heavy atom. The molecule has 0 fully saturated rings. The lowest BCUT2D eigenvalue weighted by Gasteiger charge is -2.14. The van der Waals surface area contributed by atoms with Gasteiger partial charge < -0.3 is 10.3 Å². The summed E-state index contributed by atoms with van der Waals surface area (Å²) >= 11 is 1.92. The fraction of sp³-hybridized carbons (Fsp3) is 0.562. The van der Waals surface area contributed by atoms with Crippen LogP contribution in [0.4, 0.5) is 0 Å². The van der Waals surface area contributed by atoms with E-state index in [4.69, 9.17) is 10.7 Å². The van der Waals surface area contributed by atoms with Gasteiger partial charge in [0.1, 0.15) is 5.82 Å². The molecule has 1 unspecified atom stereocenters. The number of imidazole rings is 1. The van der Waals surface area contributed by atoms with Crippen LogP contribution < -0.4 is 5.73 Å². The smallest absolute Gasteiger partial charge is 0.111 e. The van der Waals surface area contributed by atoms with Gasteiger partial charge in [-0.05, 0) is 23.8 Å². The number of hydrogen-bond acceptors (Lipinski definition) is 3. The van der Waals surface area contributed by atoms with Gasteiger partial charge in [0.15, 0.2) is 0 Å². The van der Waals surface area contributed by atoms with Gasteiger partial charge in [0, 0.05) is 24.8 Å². The average Bonchev–Trinajstić information content (AvgIpc) is 2.75. The van der Waals surface area contributed by atoms with Crippen molar-refractivity contribution in [2.75, 3.05) is 5.75 Å². The van der Waals surface area contributed by atoms with E-state index in [1.54, 1.807) is 0 Å². The quantitative estimate of drug-likeness (QED) is 0.849. The molecule has 0 bridgehead atoms. The molecule has 2 N–H and O–H groups in total. The highest BCUT2D eigenvalue weighted by molar-refractivity contribution is 7.99. The zero-order chi connectivity index (χ0) is 14.5. The van der Waals surface area contributed by atoms with Crippen molar-refractivity contribution in [3.8, 4) is 0 Å². The Bertz CT molecular complexity index is 548. The molecule has 1 atom stereocenters. The van der Waals surface area contributed by atoms with Crippen LogP contribution in [0.25, 0.3) is 11.0 Å². The highest BCUT2D eigenvalue weighted by atomic mass is 32.2. The van der Waals surface area contributed by atoms with Gasteiger partial charge in [0.25, 0.3) is 0 Å². The Morgan fingerprint density at radius 3 is 2.75 bits per heavy atom. The number of rotatable bonds is 7. The third kappa shape index (κ3) is 3.76. The van der Waals surface area contributed by atoms with Crippen LogP contribution in [0.3, 0.4) is 0 Å². The van der Waals surface area contributed by atoms with E-state index >= 15 is 0 Å². The number of para-hydroxylation sites is 2. The second-order valence-corrected chi connectivity index (χ2v) is 7.12. The largest absolute Gasteiger partial charge is 0.328 e. The number of thioether (sulfide) groups is 1. The lowest BCUT2D eigenvalue weighted by atomic mass is 10.2. The summed E-state index contributed by atoms with van der Waals surface area (Å²) in [5.74, 6) is 2.12. The van der Waals surface area contributed by atoms with Crippen LogP contribution in [-0.2, 0) is 13.0 Å². The molecule has 20 heavy (non-hydrogen) atoms. The molecule has 0 aliphatic carbocycles. The molecule has 0 saturated carbocycles. The topological polar surface area (TPSA) is 43.8 Å². The molecule has 4 heteroatoms. The summed E-state index contributed by atoms with van der Waals surface area (Å²) in [5, 5.41) is 0.635. The van der Waals surface area contributed by atoms with Crippen molar-refractivity contribution >= 4 is 22.8 Å². The molecule has 1 heterocycles. The van der Waals surface area contributed by atoms with Gasteiger partial charge in [-0.3, -0.25) is 0 Å². The molecule has 2 aromatic rings. The number of nitrogens with two attached hydrogens (primary N) is 1. The second-order valence-electron chi connectivity index (χ2n) is 5.51. The maximum absolute atomic E-state index is 6.27. The minimum Gasteiger partial charge on any atom is -0.328 e. The molecular formula is C16H25N3S. The zero-order valence-electron chi connectivity index (χ0n) is 12.7. The van der Waals surface area contributed by atoms with Gasteiger partial charge >= 0.3 is 0 Å². The molecule has 0 amide bonds. The fourth-order valence-corrected chi connectivity index (χ4v) is 3.11. The molecule has 1 aromatic carbocycles. The number of nitrogens with zero attached hydrogens (tertiary/aromatic N) is 2. The highest BCUT2D eigenvalue weighted by Gasteiger charge is 2.13. The normalized spacial score (nSPS) is 13.2. The molecule has 2 rings (SSSR count). The maximum atomic E-state index is 6.27. The van der Waals surface area contributed by atoms with Gasteiger partial charge in [-0.25, -0.2) is 4.98 Å². The van der Waals surface area contributed by atoms with Gasteiger partial charge in [0.2, 0.25) is 0 Å². The Balaban J connectivity index is 2.17. The molecule has 0 spiro atoms. The van der Waals surface area contributed by atoms with Crippen molar-refractivity contribution in [3.05, 3.63) is 30.1 Å². The van der Waals surface area contributed by atoms with Crippen molar-refractivity contribution in [1.82, 2.24) is 9.55 Å². The first-order chi connectivity index (χ1) is 9.61. The number of fused-ring (bicyclic) bond motifs is 1. The van der Waals surface area contributed by atoms with Crippen molar-refractivity contribution in [1.29, 1.82) is 0 Å². The minimum absolute atomic E-state index is 0.176. The zero-order valence-corrected chi connectivity index (χ0v) is 13.5. The lowest BCUT2D eigenvalue weighted by Crippen LogP contribution is -2.28. The Hall–Kier alpha value is -1.00. The van der Waals surface area contributed by atoms with E-state index in [0.717, 1.165) is 36.5 Å². The minimum atomic E-state index is 0.176. The summed E-state index contributed by atoms with van der Waals surface area (Å²) in [7, 11) is 0. The van der Waals surface area contributed by atoms with Crippen molar-refractivity contribution < 1.29 is 0 Å². The van der Waals surface area contributed by atoms with Gasteiger partial charge in [-0.15, -0.1) is 0 Å². The second kappa shape index (κ2) is 7.14.